The zero-order valence-electron chi connectivity index (χ0n) is 9.14. The first-order valence-corrected chi connectivity index (χ1v) is 5.04. The van der Waals surface area contributed by atoms with Crippen LogP contribution >= 0.6 is 0 Å². The van der Waals surface area contributed by atoms with Crippen LogP contribution in [-0.2, 0) is 9.53 Å². The van der Waals surface area contributed by atoms with E-state index in [1.165, 1.54) is 0 Å². The van der Waals surface area contributed by atoms with E-state index in [4.69, 9.17) is 10.5 Å². The summed E-state index contributed by atoms with van der Waals surface area (Å²) in [5.74, 6) is -0.572. The van der Waals surface area contributed by atoms with Gasteiger partial charge in [-0.15, -0.1) is 0 Å². The van der Waals surface area contributed by atoms with Crippen LogP contribution in [0.15, 0.2) is 0 Å². The van der Waals surface area contributed by atoms with Gasteiger partial charge < -0.3 is 15.8 Å². The van der Waals surface area contributed by atoms with Gasteiger partial charge in [0.05, 0.1) is 6.61 Å². The molecule has 0 saturated carbocycles. The van der Waals surface area contributed by atoms with Crippen LogP contribution in [0.5, 0.6) is 0 Å². The van der Waals surface area contributed by atoms with Gasteiger partial charge in [0.25, 0.3) is 0 Å². The Morgan fingerprint density at radius 3 is 2.56 bits per heavy atom. The largest absolute Gasteiger partial charge is 0.389 e. The summed E-state index contributed by atoms with van der Waals surface area (Å²) in [5, 5.41) is 2.77. The highest BCUT2D eigenvalue weighted by atomic mass is 19.4. The van der Waals surface area contributed by atoms with Crippen molar-refractivity contribution in [3.63, 3.8) is 0 Å². The Labute approximate surface area is 92.3 Å². The number of halogens is 3. The summed E-state index contributed by atoms with van der Waals surface area (Å²) in [6.45, 7) is 2.30. The number of hydrogen-bond donors (Lipinski definition) is 2. The van der Waals surface area contributed by atoms with E-state index in [-0.39, 0.29) is 19.6 Å². The SMILES string of the molecule is CCNC(COCCCC(F)(F)F)C(N)=O. The van der Waals surface area contributed by atoms with E-state index in [2.05, 4.69) is 5.32 Å². The standard InChI is InChI=1S/C9H17F3N2O2/c1-2-14-7(8(13)15)6-16-5-3-4-9(10,11)12/h7,14H,2-6H2,1H3,(H2,13,15). The monoisotopic (exact) mass is 242 g/mol. The van der Waals surface area contributed by atoms with E-state index in [0.29, 0.717) is 6.54 Å². The van der Waals surface area contributed by atoms with Crippen molar-refractivity contribution in [2.24, 2.45) is 5.73 Å². The van der Waals surface area contributed by atoms with Gasteiger partial charge in [0.15, 0.2) is 0 Å². The fourth-order valence-electron chi connectivity index (χ4n) is 1.06. The summed E-state index contributed by atoms with van der Waals surface area (Å²) in [4.78, 5) is 10.8. The Balaban J connectivity index is 3.59. The van der Waals surface area contributed by atoms with Crippen LogP contribution in [0.2, 0.25) is 0 Å². The van der Waals surface area contributed by atoms with Crippen molar-refractivity contribution in [3.8, 4) is 0 Å². The third-order valence-electron chi connectivity index (χ3n) is 1.83. The number of alkyl halides is 3. The first-order valence-electron chi connectivity index (χ1n) is 5.04. The molecule has 3 N–H and O–H groups in total. The van der Waals surface area contributed by atoms with Crippen LogP contribution in [0, 0.1) is 0 Å². The van der Waals surface area contributed by atoms with Gasteiger partial charge in [0.1, 0.15) is 6.04 Å². The lowest BCUT2D eigenvalue weighted by molar-refractivity contribution is -0.138. The average Bonchev–Trinajstić information content (AvgIpc) is 2.13. The van der Waals surface area contributed by atoms with Crippen molar-refractivity contribution in [1.29, 1.82) is 0 Å². The van der Waals surface area contributed by atoms with Gasteiger partial charge in [-0.2, -0.15) is 13.2 Å². The second-order valence-corrected chi connectivity index (χ2v) is 3.31. The third kappa shape index (κ3) is 8.49. The van der Waals surface area contributed by atoms with E-state index < -0.39 is 24.5 Å². The molecule has 0 saturated heterocycles. The van der Waals surface area contributed by atoms with Crippen molar-refractivity contribution in [1.82, 2.24) is 5.32 Å². The highest BCUT2D eigenvalue weighted by Crippen LogP contribution is 2.20. The summed E-state index contributed by atoms with van der Waals surface area (Å²) in [6, 6.07) is -0.643. The number of primary amides is 1. The predicted molar refractivity (Wildman–Crippen MR) is 52.8 cm³/mol. The lowest BCUT2D eigenvalue weighted by Crippen LogP contribution is -2.44. The highest BCUT2D eigenvalue weighted by molar-refractivity contribution is 5.79. The number of nitrogens with one attached hydrogen (secondary N) is 1. The predicted octanol–water partition coefficient (Wildman–Crippen LogP) is 0.809. The van der Waals surface area contributed by atoms with E-state index >= 15 is 0 Å². The molecular weight excluding hydrogens is 225 g/mol. The summed E-state index contributed by atoms with van der Waals surface area (Å²) in [5.41, 5.74) is 5.05. The Bertz CT molecular complexity index is 209. The van der Waals surface area contributed by atoms with Crippen molar-refractivity contribution >= 4 is 5.91 Å². The zero-order chi connectivity index (χ0) is 12.6. The lowest BCUT2D eigenvalue weighted by atomic mass is 10.3. The van der Waals surface area contributed by atoms with Gasteiger partial charge in [-0.25, -0.2) is 0 Å². The highest BCUT2D eigenvalue weighted by Gasteiger charge is 2.26. The maximum Gasteiger partial charge on any atom is 0.389 e. The molecule has 16 heavy (non-hydrogen) atoms. The molecular formula is C9H17F3N2O2. The number of ether oxygens (including phenoxy) is 1. The van der Waals surface area contributed by atoms with Gasteiger partial charge in [-0.1, -0.05) is 6.92 Å². The molecule has 7 heteroatoms. The summed E-state index contributed by atoms with van der Waals surface area (Å²) < 4.78 is 40.2. The molecule has 4 nitrogen and oxygen atoms in total. The van der Waals surface area contributed by atoms with Crippen LogP contribution in [-0.4, -0.2) is 37.9 Å². The first-order chi connectivity index (χ1) is 7.37. The normalized spacial score (nSPS) is 13.8. The maximum atomic E-state index is 11.7. The van der Waals surface area contributed by atoms with Crippen LogP contribution < -0.4 is 11.1 Å². The van der Waals surface area contributed by atoms with Gasteiger partial charge in [-0.3, -0.25) is 4.79 Å². The molecule has 0 aromatic rings. The molecule has 1 atom stereocenters. The van der Waals surface area contributed by atoms with Crippen LogP contribution in [0.3, 0.4) is 0 Å². The van der Waals surface area contributed by atoms with E-state index in [9.17, 15) is 18.0 Å². The number of carbonyl (C=O) groups is 1. The van der Waals surface area contributed by atoms with Crippen LogP contribution in [0.4, 0.5) is 13.2 Å². The second kappa shape index (κ2) is 7.45. The van der Waals surface area contributed by atoms with Crippen molar-refractivity contribution in [3.05, 3.63) is 0 Å². The zero-order valence-corrected chi connectivity index (χ0v) is 9.14. The molecule has 0 fully saturated rings. The van der Waals surface area contributed by atoms with E-state index in [0.717, 1.165) is 0 Å². The smallest absolute Gasteiger partial charge is 0.379 e. The number of nitrogens with two attached hydrogens (primary N) is 1. The summed E-state index contributed by atoms with van der Waals surface area (Å²) in [7, 11) is 0. The quantitative estimate of drug-likeness (QED) is 0.619. The molecule has 96 valence electrons. The number of likely N-dealkylation sites (N-methyl/N-ethyl adjacent to an activating group) is 1. The molecule has 0 aromatic carbocycles. The minimum atomic E-state index is -4.16. The molecule has 0 radical (unpaired) electrons. The van der Waals surface area contributed by atoms with Gasteiger partial charge in [0, 0.05) is 13.0 Å². The van der Waals surface area contributed by atoms with Gasteiger partial charge in [-0.05, 0) is 13.0 Å². The lowest BCUT2D eigenvalue weighted by Gasteiger charge is -2.14. The molecule has 0 spiro atoms. The molecule has 1 amide bonds. The molecule has 0 aliphatic heterocycles. The van der Waals surface area contributed by atoms with E-state index in [1.54, 1.807) is 6.92 Å². The third-order valence-corrected chi connectivity index (χ3v) is 1.83. The molecule has 0 bridgehead atoms. The number of carbonyl (C=O) groups excluding carboxylic acids is 1. The van der Waals surface area contributed by atoms with Crippen molar-refractivity contribution in [2.45, 2.75) is 32.0 Å². The fourth-order valence-corrected chi connectivity index (χ4v) is 1.06. The first kappa shape index (κ1) is 15.2. The minimum absolute atomic E-state index is 0.00102. The Hall–Kier alpha value is -0.820. The van der Waals surface area contributed by atoms with E-state index in [1.807, 2.05) is 0 Å². The maximum absolute atomic E-state index is 11.7. The summed E-state index contributed by atoms with van der Waals surface area (Å²) in [6.07, 6.45) is -5.15. The van der Waals surface area contributed by atoms with Crippen molar-refractivity contribution in [2.75, 3.05) is 19.8 Å². The minimum Gasteiger partial charge on any atom is -0.379 e. The Morgan fingerprint density at radius 2 is 2.12 bits per heavy atom. The molecule has 1 unspecified atom stereocenters. The topological polar surface area (TPSA) is 64.3 Å². The van der Waals surface area contributed by atoms with Crippen molar-refractivity contribution < 1.29 is 22.7 Å². The van der Waals surface area contributed by atoms with Crippen LogP contribution in [0.1, 0.15) is 19.8 Å². The Morgan fingerprint density at radius 1 is 1.50 bits per heavy atom. The number of rotatable bonds is 8. The average molecular weight is 242 g/mol. The summed E-state index contributed by atoms with van der Waals surface area (Å²) >= 11 is 0. The molecule has 0 heterocycles. The fraction of sp³-hybridized carbons (Fsp3) is 0.889. The molecule has 0 aliphatic rings. The molecule has 0 aliphatic carbocycles. The second-order valence-electron chi connectivity index (χ2n) is 3.31. The molecule has 0 aromatic heterocycles. The van der Waals surface area contributed by atoms with Gasteiger partial charge in [0.2, 0.25) is 5.91 Å². The van der Waals surface area contributed by atoms with Gasteiger partial charge >= 0.3 is 6.18 Å². The van der Waals surface area contributed by atoms with Crippen LogP contribution in [0.25, 0.3) is 0 Å². The number of hydrogen-bond acceptors (Lipinski definition) is 3. The number of amides is 1. The molecule has 0 rings (SSSR count). The Kier molecular flexibility index (Phi) is 7.07.